The summed E-state index contributed by atoms with van der Waals surface area (Å²) >= 11 is 0. The lowest BCUT2D eigenvalue weighted by Gasteiger charge is -2.20. The molecule has 7 heteroatoms. The van der Waals surface area contributed by atoms with Crippen LogP contribution in [0.15, 0.2) is 47.4 Å². The summed E-state index contributed by atoms with van der Waals surface area (Å²) in [6.07, 6.45) is 0.610. The molecular formula is C20H21N3O3S. The summed E-state index contributed by atoms with van der Waals surface area (Å²) in [6.45, 7) is 4.96. The fraction of sp³-hybridized carbons (Fsp3) is 0.300. The highest BCUT2D eigenvalue weighted by molar-refractivity contribution is 7.89. The first-order valence-corrected chi connectivity index (χ1v) is 10.3. The molecule has 1 aliphatic heterocycles. The first-order valence-electron chi connectivity index (χ1n) is 8.87. The minimum Gasteiger partial charge on any atom is -0.308 e. The van der Waals surface area contributed by atoms with E-state index in [0.717, 1.165) is 11.3 Å². The highest BCUT2D eigenvalue weighted by Gasteiger charge is 2.28. The topological polar surface area (TPSA) is 81.5 Å². The third-order valence-electron chi connectivity index (χ3n) is 4.80. The monoisotopic (exact) mass is 383 g/mol. The predicted molar refractivity (Wildman–Crippen MR) is 103 cm³/mol. The quantitative estimate of drug-likeness (QED) is 0.795. The van der Waals surface area contributed by atoms with E-state index < -0.39 is 10.0 Å². The Labute approximate surface area is 159 Å². The number of amides is 1. The molecule has 0 radical (unpaired) electrons. The lowest BCUT2D eigenvalue weighted by Crippen LogP contribution is -2.30. The summed E-state index contributed by atoms with van der Waals surface area (Å²) in [5.74, 6) is -0.155. The van der Waals surface area contributed by atoms with Gasteiger partial charge in [0.25, 0.3) is 5.91 Å². The Bertz CT molecular complexity index is 1000. The maximum Gasteiger partial charge on any atom is 0.258 e. The molecule has 0 atom stereocenters. The number of nitriles is 1. The van der Waals surface area contributed by atoms with E-state index in [-0.39, 0.29) is 10.8 Å². The summed E-state index contributed by atoms with van der Waals surface area (Å²) in [6, 6.07) is 13.5. The zero-order chi connectivity index (χ0) is 19.6. The van der Waals surface area contributed by atoms with Crippen LogP contribution in [0.4, 0.5) is 5.69 Å². The molecular weight excluding hydrogens is 362 g/mol. The summed E-state index contributed by atoms with van der Waals surface area (Å²) in [7, 11) is -3.52. The summed E-state index contributed by atoms with van der Waals surface area (Å²) in [4.78, 5) is 14.7. The summed E-state index contributed by atoms with van der Waals surface area (Å²) in [5.41, 5.74) is 2.59. The number of carbonyl (C=O) groups excluding carboxylic acids is 1. The Morgan fingerprint density at radius 1 is 1.15 bits per heavy atom. The Morgan fingerprint density at radius 2 is 1.81 bits per heavy atom. The molecule has 0 aromatic heterocycles. The SMILES string of the molecule is CCN(CC)S(=O)(=O)c1ccc2c(c1)CCN2C(=O)c1ccc(C#N)cc1. The molecule has 2 aromatic rings. The summed E-state index contributed by atoms with van der Waals surface area (Å²) in [5, 5.41) is 8.88. The van der Waals surface area contributed by atoms with Crippen molar-refractivity contribution in [2.24, 2.45) is 0 Å². The second kappa shape index (κ2) is 7.51. The Morgan fingerprint density at radius 3 is 2.41 bits per heavy atom. The predicted octanol–water partition coefficient (Wildman–Crippen LogP) is 2.79. The Balaban J connectivity index is 1.90. The van der Waals surface area contributed by atoms with Crippen molar-refractivity contribution < 1.29 is 13.2 Å². The smallest absolute Gasteiger partial charge is 0.258 e. The molecule has 3 rings (SSSR count). The van der Waals surface area contributed by atoms with E-state index in [4.69, 9.17) is 5.26 Å². The number of anilines is 1. The van der Waals surface area contributed by atoms with Gasteiger partial charge in [-0.15, -0.1) is 0 Å². The van der Waals surface area contributed by atoms with E-state index in [0.29, 0.717) is 37.2 Å². The minimum absolute atomic E-state index is 0.155. The second-order valence-electron chi connectivity index (χ2n) is 6.28. The van der Waals surface area contributed by atoms with Crippen molar-refractivity contribution in [3.05, 3.63) is 59.2 Å². The van der Waals surface area contributed by atoms with E-state index in [1.807, 2.05) is 19.9 Å². The number of hydrogen-bond donors (Lipinski definition) is 0. The maximum atomic E-state index is 12.8. The molecule has 0 bridgehead atoms. The molecule has 2 aromatic carbocycles. The molecule has 1 amide bonds. The fourth-order valence-electron chi connectivity index (χ4n) is 3.31. The van der Waals surface area contributed by atoms with Crippen LogP contribution < -0.4 is 4.90 Å². The van der Waals surface area contributed by atoms with Crippen LogP contribution in [0.25, 0.3) is 0 Å². The second-order valence-corrected chi connectivity index (χ2v) is 8.21. The van der Waals surface area contributed by atoms with Gasteiger partial charge in [0.05, 0.1) is 16.5 Å². The number of sulfonamides is 1. The van der Waals surface area contributed by atoms with Crippen LogP contribution in [0.2, 0.25) is 0 Å². The zero-order valence-electron chi connectivity index (χ0n) is 15.3. The molecule has 140 valence electrons. The van der Waals surface area contributed by atoms with Gasteiger partial charge in [-0.3, -0.25) is 4.79 Å². The van der Waals surface area contributed by atoms with Crippen molar-refractivity contribution in [3.8, 4) is 6.07 Å². The normalized spacial score (nSPS) is 13.5. The van der Waals surface area contributed by atoms with E-state index in [1.165, 1.54) is 4.31 Å². The van der Waals surface area contributed by atoms with Crippen molar-refractivity contribution in [1.29, 1.82) is 5.26 Å². The average Bonchev–Trinajstić information content (AvgIpc) is 3.11. The Kier molecular flexibility index (Phi) is 5.31. The van der Waals surface area contributed by atoms with Crippen molar-refractivity contribution in [2.45, 2.75) is 25.2 Å². The van der Waals surface area contributed by atoms with Gasteiger partial charge in [0, 0.05) is 30.9 Å². The minimum atomic E-state index is -3.52. The molecule has 0 saturated carbocycles. The van der Waals surface area contributed by atoms with Gasteiger partial charge in [0.15, 0.2) is 0 Å². The van der Waals surface area contributed by atoms with E-state index in [1.54, 1.807) is 47.4 Å². The maximum absolute atomic E-state index is 12.8. The molecule has 0 unspecified atom stereocenters. The van der Waals surface area contributed by atoms with E-state index in [2.05, 4.69) is 0 Å². The number of nitrogens with zero attached hydrogens (tertiary/aromatic N) is 3. The molecule has 27 heavy (non-hydrogen) atoms. The largest absolute Gasteiger partial charge is 0.308 e. The molecule has 0 fully saturated rings. The zero-order valence-corrected chi connectivity index (χ0v) is 16.2. The summed E-state index contributed by atoms with van der Waals surface area (Å²) < 4.78 is 26.8. The molecule has 1 heterocycles. The Hall–Kier alpha value is -2.69. The van der Waals surface area contributed by atoms with Crippen molar-refractivity contribution in [1.82, 2.24) is 4.31 Å². The van der Waals surface area contributed by atoms with Gasteiger partial charge in [0.2, 0.25) is 10.0 Å². The van der Waals surface area contributed by atoms with Gasteiger partial charge in [-0.2, -0.15) is 9.57 Å². The van der Waals surface area contributed by atoms with E-state index >= 15 is 0 Å². The fourth-order valence-corrected chi connectivity index (χ4v) is 4.81. The van der Waals surface area contributed by atoms with Gasteiger partial charge in [-0.1, -0.05) is 13.8 Å². The highest BCUT2D eigenvalue weighted by Crippen LogP contribution is 2.32. The van der Waals surface area contributed by atoms with Gasteiger partial charge >= 0.3 is 0 Å². The van der Waals surface area contributed by atoms with Gasteiger partial charge in [-0.25, -0.2) is 8.42 Å². The third-order valence-corrected chi connectivity index (χ3v) is 6.84. The number of hydrogen-bond acceptors (Lipinski definition) is 4. The van der Waals surface area contributed by atoms with Gasteiger partial charge < -0.3 is 4.90 Å². The molecule has 0 aliphatic carbocycles. The van der Waals surface area contributed by atoms with Crippen LogP contribution in [-0.4, -0.2) is 38.3 Å². The molecule has 1 aliphatic rings. The third kappa shape index (κ3) is 3.46. The van der Waals surface area contributed by atoms with Crippen LogP contribution >= 0.6 is 0 Å². The number of benzene rings is 2. The number of carbonyl (C=O) groups is 1. The molecule has 0 spiro atoms. The average molecular weight is 383 g/mol. The molecule has 6 nitrogen and oxygen atoms in total. The van der Waals surface area contributed by atoms with Crippen molar-refractivity contribution in [2.75, 3.05) is 24.5 Å². The van der Waals surface area contributed by atoms with Crippen LogP contribution in [0.1, 0.15) is 35.3 Å². The first kappa shape index (κ1) is 19.1. The highest BCUT2D eigenvalue weighted by atomic mass is 32.2. The lowest BCUT2D eigenvalue weighted by atomic mass is 10.1. The van der Waals surface area contributed by atoms with E-state index in [9.17, 15) is 13.2 Å². The van der Waals surface area contributed by atoms with Crippen LogP contribution in [0.3, 0.4) is 0 Å². The standard InChI is InChI=1S/C20H21N3O3S/c1-3-22(4-2)27(25,26)18-9-10-19-17(13-18)11-12-23(19)20(24)16-7-5-15(14-21)6-8-16/h5-10,13H,3-4,11-12H2,1-2H3. The molecule has 0 saturated heterocycles. The lowest BCUT2D eigenvalue weighted by molar-refractivity contribution is 0.0989. The van der Waals surface area contributed by atoms with Gasteiger partial charge in [-0.05, 0) is 54.4 Å². The van der Waals surface area contributed by atoms with Gasteiger partial charge in [0.1, 0.15) is 0 Å². The van der Waals surface area contributed by atoms with Crippen LogP contribution in [-0.2, 0) is 16.4 Å². The van der Waals surface area contributed by atoms with Crippen LogP contribution in [0.5, 0.6) is 0 Å². The van der Waals surface area contributed by atoms with Crippen molar-refractivity contribution >= 4 is 21.6 Å². The molecule has 0 N–H and O–H groups in total. The van der Waals surface area contributed by atoms with Crippen molar-refractivity contribution in [3.63, 3.8) is 0 Å². The van der Waals surface area contributed by atoms with Crippen LogP contribution in [0, 0.1) is 11.3 Å². The number of fused-ring (bicyclic) bond motifs is 1. The first-order chi connectivity index (χ1) is 12.9. The number of rotatable bonds is 5.